The zero-order chi connectivity index (χ0) is 16.1. The van der Waals surface area contributed by atoms with Crippen LogP contribution in [-0.4, -0.2) is 15.6 Å². The molecule has 4 nitrogen and oxygen atoms in total. The van der Waals surface area contributed by atoms with Gasteiger partial charge in [-0.2, -0.15) is 0 Å². The average molecular weight is 315 g/mol. The van der Waals surface area contributed by atoms with E-state index in [2.05, 4.69) is 0 Å². The Morgan fingerprint density at radius 3 is 2.48 bits per heavy atom. The summed E-state index contributed by atoms with van der Waals surface area (Å²) in [5.41, 5.74) is 0.469. The van der Waals surface area contributed by atoms with E-state index in [0.29, 0.717) is 11.1 Å². The van der Waals surface area contributed by atoms with Gasteiger partial charge in [-0.05, 0) is 49.3 Å². The van der Waals surface area contributed by atoms with Crippen molar-refractivity contribution in [3.63, 3.8) is 0 Å². The van der Waals surface area contributed by atoms with Gasteiger partial charge >= 0.3 is 5.97 Å². The molecule has 2 fully saturated rings. The Morgan fingerprint density at radius 1 is 1.17 bits per heavy atom. The van der Waals surface area contributed by atoms with Crippen molar-refractivity contribution >= 4 is 16.9 Å². The number of carboxylic acids is 1. The van der Waals surface area contributed by atoms with Crippen LogP contribution in [-0.2, 0) is 0 Å². The third kappa shape index (κ3) is 2.35. The van der Waals surface area contributed by atoms with E-state index in [4.69, 9.17) is 0 Å². The Morgan fingerprint density at radius 2 is 1.87 bits per heavy atom. The lowest BCUT2D eigenvalue weighted by Crippen LogP contribution is -2.19. The first-order chi connectivity index (χ1) is 11.1. The number of carboxylic acid groups (broad SMARTS) is 1. The molecule has 0 aliphatic heterocycles. The van der Waals surface area contributed by atoms with Crippen LogP contribution < -0.4 is 5.43 Å². The first-order valence-corrected chi connectivity index (χ1v) is 8.18. The second-order valence-corrected chi connectivity index (χ2v) is 6.69. The Kier molecular flexibility index (Phi) is 3.25. The highest BCUT2D eigenvalue weighted by molar-refractivity contribution is 5.92. The Balaban J connectivity index is 2.00. The summed E-state index contributed by atoms with van der Waals surface area (Å²) in [6, 6.07) is 3.25. The van der Waals surface area contributed by atoms with Gasteiger partial charge in [0.25, 0.3) is 0 Å². The van der Waals surface area contributed by atoms with Gasteiger partial charge in [-0.3, -0.25) is 4.79 Å². The standard InChI is InChI=1S/C18H18FNO3/c19-15-7-13-16(8-12(15)10-3-1-2-4-10)20(11-5-6-11)9-14(17(13)21)18(22)23/h7-11H,1-6H2,(H,22,23). The van der Waals surface area contributed by atoms with Crippen LogP contribution in [0.25, 0.3) is 10.9 Å². The summed E-state index contributed by atoms with van der Waals surface area (Å²) in [5, 5.41) is 9.42. The van der Waals surface area contributed by atoms with Crippen molar-refractivity contribution in [2.45, 2.75) is 50.5 Å². The van der Waals surface area contributed by atoms with Crippen LogP contribution in [0.2, 0.25) is 0 Å². The summed E-state index contributed by atoms with van der Waals surface area (Å²) in [4.78, 5) is 23.7. The highest BCUT2D eigenvalue weighted by atomic mass is 19.1. The van der Waals surface area contributed by atoms with E-state index >= 15 is 0 Å². The van der Waals surface area contributed by atoms with Crippen LogP contribution in [0.4, 0.5) is 4.39 Å². The zero-order valence-electron chi connectivity index (χ0n) is 12.7. The Labute approximate surface area is 132 Å². The van der Waals surface area contributed by atoms with Gasteiger partial charge in [0, 0.05) is 17.6 Å². The molecule has 1 aromatic heterocycles. The molecule has 0 unspecified atom stereocenters. The third-order valence-electron chi connectivity index (χ3n) is 5.12. The first kappa shape index (κ1) is 14.4. The fourth-order valence-corrected chi connectivity index (χ4v) is 3.74. The van der Waals surface area contributed by atoms with E-state index in [1.165, 1.54) is 12.3 Å². The molecule has 5 heteroatoms. The van der Waals surface area contributed by atoms with E-state index in [0.717, 1.165) is 38.5 Å². The predicted molar refractivity (Wildman–Crippen MR) is 84.6 cm³/mol. The lowest BCUT2D eigenvalue weighted by molar-refractivity contribution is 0.0695. The van der Waals surface area contributed by atoms with Crippen molar-refractivity contribution in [2.75, 3.05) is 0 Å². The number of hydrogen-bond donors (Lipinski definition) is 1. The quantitative estimate of drug-likeness (QED) is 0.936. The van der Waals surface area contributed by atoms with Crippen molar-refractivity contribution in [2.24, 2.45) is 0 Å². The Bertz CT molecular complexity index is 861. The fourth-order valence-electron chi connectivity index (χ4n) is 3.74. The van der Waals surface area contributed by atoms with Crippen molar-refractivity contribution in [3.8, 4) is 0 Å². The maximum absolute atomic E-state index is 14.5. The van der Waals surface area contributed by atoms with Crippen molar-refractivity contribution in [1.29, 1.82) is 0 Å². The number of carbonyl (C=O) groups is 1. The van der Waals surface area contributed by atoms with Crippen molar-refractivity contribution in [3.05, 3.63) is 45.5 Å². The largest absolute Gasteiger partial charge is 0.477 e. The minimum Gasteiger partial charge on any atom is -0.477 e. The summed E-state index contributed by atoms with van der Waals surface area (Å²) < 4.78 is 16.4. The normalized spacial score (nSPS) is 18.7. The van der Waals surface area contributed by atoms with Gasteiger partial charge in [0.2, 0.25) is 5.43 Å². The first-order valence-electron chi connectivity index (χ1n) is 8.18. The highest BCUT2D eigenvalue weighted by Gasteiger charge is 2.28. The number of aromatic nitrogens is 1. The van der Waals surface area contributed by atoms with E-state index in [1.54, 1.807) is 6.07 Å². The molecule has 2 aliphatic carbocycles. The maximum Gasteiger partial charge on any atom is 0.341 e. The molecule has 0 radical (unpaired) electrons. The van der Waals surface area contributed by atoms with Gasteiger partial charge in [-0.1, -0.05) is 12.8 Å². The maximum atomic E-state index is 14.5. The van der Waals surface area contributed by atoms with Crippen LogP contribution in [0.1, 0.15) is 66.4 Å². The van der Waals surface area contributed by atoms with Crippen LogP contribution in [0.5, 0.6) is 0 Å². The molecule has 120 valence electrons. The molecule has 2 aliphatic rings. The zero-order valence-corrected chi connectivity index (χ0v) is 12.7. The summed E-state index contributed by atoms with van der Waals surface area (Å²) in [6.45, 7) is 0. The van der Waals surface area contributed by atoms with Gasteiger partial charge in [0.1, 0.15) is 11.4 Å². The molecule has 0 amide bonds. The lowest BCUT2D eigenvalue weighted by Gasteiger charge is -2.16. The van der Waals surface area contributed by atoms with E-state index in [-0.39, 0.29) is 28.7 Å². The average Bonchev–Trinajstić information content (AvgIpc) is 3.21. The van der Waals surface area contributed by atoms with Gasteiger partial charge in [-0.15, -0.1) is 0 Å². The number of aromatic carboxylic acids is 1. The van der Waals surface area contributed by atoms with Gasteiger partial charge in [0.05, 0.1) is 5.52 Å². The molecule has 1 aromatic carbocycles. The molecule has 23 heavy (non-hydrogen) atoms. The van der Waals surface area contributed by atoms with E-state index in [9.17, 15) is 19.1 Å². The second kappa shape index (κ2) is 5.18. The predicted octanol–water partition coefficient (Wildman–Crippen LogP) is 3.83. The topological polar surface area (TPSA) is 59.3 Å². The third-order valence-corrected chi connectivity index (χ3v) is 5.12. The molecule has 0 atom stereocenters. The monoisotopic (exact) mass is 315 g/mol. The minimum atomic E-state index is -1.26. The SMILES string of the molecule is O=C(O)c1cn(C2CC2)c2cc(C3CCCC3)c(F)cc2c1=O. The van der Waals surface area contributed by atoms with Crippen LogP contribution >= 0.6 is 0 Å². The molecular weight excluding hydrogens is 297 g/mol. The van der Waals surface area contributed by atoms with Crippen LogP contribution in [0.15, 0.2) is 23.1 Å². The molecule has 2 saturated carbocycles. The number of hydrogen-bond acceptors (Lipinski definition) is 2. The molecule has 1 N–H and O–H groups in total. The smallest absolute Gasteiger partial charge is 0.341 e. The molecule has 2 aromatic rings. The summed E-state index contributed by atoms with van der Waals surface area (Å²) in [5.74, 6) is -1.43. The highest BCUT2D eigenvalue weighted by Crippen LogP contribution is 2.40. The molecule has 0 spiro atoms. The fraction of sp³-hybridized carbons (Fsp3) is 0.444. The lowest BCUT2D eigenvalue weighted by atomic mass is 9.95. The van der Waals surface area contributed by atoms with Gasteiger partial charge in [-0.25, -0.2) is 9.18 Å². The van der Waals surface area contributed by atoms with Crippen LogP contribution in [0.3, 0.4) is 0 Å². The summed E-state index contributed by atoms with van der Waals surface area (Å²) in [6.07, 6.45) is 7.53. The number of rotatable bonds is 3. The second-order valence-electron chi connectivity index (χ2n) is 6.69. The van der Waals surface area contributed by atoms with Crippen LogP contribution in [0, 0.1) is 5.82 Å². The van der Waals surface area contributed by atoms with Gasteiger partial charge in [0.15, 0.2) is 0 Å². The molecule has 0 saturated heterocycles. The molecule has 0 bridgehead atoms. The number of halogens is 1. The number of pyridine rings is 1. The number of nitrogens with zero attached hydrogens (tertiary/aromatic N) is 1. The van der Waals surface area contributed by atoms with Crippen molar-refractivity contribution in [1.82, 2.24) is 4.57 Å². The summed E-state index contributed by atoms with van der Waals surface area (Å²) >= 11 is 0. The van der Waals surface area contributed by atoms with Gasteiger partial charge < -0.3 is 9.67 Å². The molecule has 1 heterocycles. The Hall–Kier alpha value is -2.17. The summed E-state index contributed by atoms with van der Waals surface area (Å²) in [7, 11) is 0. The molecule has 4 rings (SSSR count). The minimum absolute atomic E-state index is 0.177. The number of benzene rings is 1. The van der Waals surface area contributed by atoms with E-state index < -0.39 is 11.4 Å². The van der Waals surface area contributed by atoms with Crippen molar-refractivity contribution < 1.29 is 14.3 Å². The van der Waals surface area contributed by atoms with E-state index in [1.807, 2.05) is 4.57 Å². The molecular formula is C18H18FNO3. The number of fused-ring (bicyclic) bond motifs is 1.